The highest BCUT2D eigenvalue weighted by molar-refractivity contribution is 6.92. The number of para-hydroxylation sites is 1. The van der Waals surface area contributed by atoms with Crippen LogP contribution in [0.5, 0.6) is 5.75 Å². The molecule has 0 saturated carbocycles. The van der Waals surface area contributed by atoms with Crippen molar-refractivity contribution in [1.29, 1.82) is 0 Å². The standard InChI is InChI=1S/C17H16O.P/c1-2-6-14-13(5-1)9-10-17(14)11-12-18-16-8-4-3-7-15(16)17;/h1-8H,9-12H2;. The molecule has 2 aromatic carbocycles. The van der Waals surface area contributed by atoms with Gasteiger partial charge >= 0.3 is 0 Å². The van der Waals surface area contributed by atoms with Gasteiger partial charge in [-0.1, -0.05) is 42.5 Å². The second-order valence-electron chi connectivity index (χ2n) is 5.33. The van der Waals surface area contributed by atoms with Crippen LogP contribution in [0, 0.1) is 0 Å². The number of hydrogen-bond acceptors (Lipinski definition) is 1. The van der Waals surface area contributed by atoms with Gasteiger partial charge in [-0.2, -0.15) is 0 Å². The molecule has 0 aromatic heterocycles. The fraction of sp³-hybridized carbons (Fsp3) is 0.294. The normalized spacial score (nSPS) is 23.2. The molecule has 19 heavy (non-hydrogen) atoms. The Kier molecular flexibility index (Phi) is 3.11. The van der Waals surface area contributed by atoms with Crippen molar-refractivity contribution in [2.45, 2.75) is 24.7 Å². The van der Waals surface area contributed by atoms with Crippen LogP contribution in [0.1, 0.15) is 29.5 Å². The van der Waals surface area contributed by atoms with E-state index < -0.39 is 0 Å². The molecule has 0 fully saturated rings. The second-order valence-corrected chi connectivity index (χ2v) is 5.33. The Morgan fingerprint density at radius 2 is 1.58 bits per heavy atom. The fourth-order valence-electron chi connectivity index (χ4n) is 3.69. The van der Waals surface area contributed by atoms with Crippen LogP contribution in [0.15, 0.2) is 48.5 Å². The predicted molar refractivity (Wildman–Crippen MR) is 79.0 cm³/mol. The topological polar surface area (TPSA) is 9.23 Å². The zero-order valence-corrected chi connectivity index (χ0v) is 11.7. The van der Waals surface area contributed by atoms with Gasteiger partial charge in [-0.25, -0.2) is 0 Å². The van der Waals surface area contributed by atoms with Gasteiger partial charge in [0.05, 0.1) is 6.61 Å². The molecule has 1 aliphatic carbocycles. The second kappa shape index (κ2) is 4.65. The van der Waals surface area contributed by atoms with Crippen molar-refractivity contribution < 1.29 is 4.74 Å². The fourth-order valence-corrected chi connectivity index (χ4v) is 3.69. The molecule has 4 rings (SSSR count). The number of rotatable bonds is 0. The van der Waals surface area contributed by atoms with Crippen LogP contribution in [0.3, 0.4) is 0 Å². The first-order valence-electron chi connectivity index (χ1n) is 6.71. The van der Waals surface area contributed by atoms with E-state index in [1.807, 2.05) is 0 Å². The number of fused-ring (bicyclic) bond motifs is 4. The van der Waals surface area contributed by atoms with Crippen molar-refractivity contribution in [2.24, 2.45) is 0 Å². The third-order valence-corrected chi connectivity index (χ3v) is 4.54. The molecular weight excluding hydrogens is 251 g/mol. The van der Waals surface area contributed by atoms with Gasteiger partial charge in [-0.05, 0) is 36.5 Å². The maximum atomic E-state index is 5.83. The molecule has 1 nitrogen and oxygen atoms in total. The maximum Gasteiger partial charge on any atom is 0.123 e. The summed E-state index contributed by atoms with van der Waals surface area (Å²) >= 11 is 0. The lowest BCUT2D eigenvalue weighted by Crippen LogP contribution is -2.31. The molecule has 2 aliphatic rings. The van der Waals surface area contributed by atoms with E-state index in [4.69, 9.17) is 4.74 Å². The van der Waals surface area contributed by atoms with E-state index >= 15 is 0 Å². The lowest BCUT2D eigenvalue weighted by atomic mass is 9.72. The molecule has 1 spiro atoms. The van der Waals surface area contributed by atoms with Crippen LogP contribution in [-0.2, 0) is 11.8 Å². The Bertz CT molecular complexity index is 608. The highest BCUT2D eigenvalue weighted by atomic mass is 31.0. The quantitative estimate of drug-likeness (QED) is 0.636. The van der Waals surface area contributed by atoms with Gasteiger partial charge in [-0.3, -0.25) is 0 Å². The molecule has 1 aliphatic heterocycles. The first-order valence-corrected chi connectivity index (χ1v) is 6.71. The highest BCUT2D eigenvalue weighted by Gasteiger charge is 2.43. The van der Waals surface area contributed by atoms with Gasteiger partial charge in [0.15, 0.2) is 0 Å². The van der Waals surface area contributed by atoms with E-state index in [-0.39, 0.29) is 15.3 Å². The Morgan fingerprint density at radius 3 is 2.47 bits per heavy atom. The SMILES string of the molecule is [P].c1ccc2c(c1)CCC21CCOc2ccccc21. The van der Waals surface area contributed by atoms with Crippen molar-refractivity contribution in [3.63, 3.8) is 0 Å². The van der Waals surface area contributed by atoms with Crippen LogP contribution >= 0.6 is 9.90 Å². The van der Waals surface area contributed by atoms with Gasteiger partial charge in [0.25, 0.3) is 0 Å². The zero-order valence-electron chi connectivity index (χ0n) is 10.8. The van der Waals surface area contributed by atoms with E-state index in [0.717, 1.165) is 18.8 Å². The minimum atomic E-state index is 0. The number of aryl methyl sites for hydroxylation is 1. The first-order chi connectivity index (χ1) is 8.90. The van der Waals surface area contributed by atoms with Gasteiger partial charge in [-0.15, -0.1) is 0 Å². The van der Waals surface area contributed by atoms with E-state index in [1.54, 1.807) is 0 Å². The van der Waals surface area contributed by atoms with Crippen molar-refractivity contribution in [3.05, 3.63) is 65.2 Å². The summed E-state index contributed by atoms with van der Waals surface area (Å²) in [6, 6.07) is 17.5. The minimum absolute atomic E-state index is 0. The Balaban J connectivity index is 0.00000110. The van der Waals surface area contributed by atoms with Gasteiger partial charge < -0.3 is 4.74 Å². The zero-order chi connectivity index (χ0) is 12.0. The van der Waals surface area contributed by atoms with E-state index in [0.29, 0.717) is 0 Å². The van der Waals surface area contributed by atoms with Gasteiger partial charge in [0.1, 0.15) is 5.75 Å². The molecule has 3 radical (unpaired) electrons. The van der Waals surface area contributed by atoms with E-state index in [9.17, 15) is 0 Å². The molecule has 0 N–H and O–H groups in total. The van der Waals surface area contributed by atoms with Crippen LogP contribution in [-0.4, -0.2) is 6.61 Å². The maximum absolute atomic E-state index is 5.83. The third kappa shape index (κ3) is 1.72. The van der Waals surface area contributed by atoms with Crippen molar-refractivity contribution in [2.75, 3.05) is 6.61 Å². The molecule has 1 heterocycles. The lowest BCUT2D eigenvalue weighted by molar-refractivity contribution is 0.234. The van der Waals surface area contributed by atoms with Crippen molar-refractivity contribution in [3.8, 4) is 5.75 Å². The number of ether oxygens (including phenoxy) is 1. The highest BCUT2D eigenvalue weighted by Crippen LogP contribution is 2.51. The summed E-state index contributed by atoms with van der Waals surface area (Å²) in [7, 11) is 0. The Morgan fingerprint density at radius 1 is 0.842 bits per heavy atom. The first kappa shape index (κ1) is 12.7. The smallest absolute Gasteiger partial charge is 0.123 e. The molecule has 0 saturated heterocycles. The molecule has 95 valence electrons. The molecule has 1 unspecified atom stereocenters. The van der Waals surface area contributed by atoms with Gasteiger partial charge in [0, 0.05) is 20.9 Å². The average molecular weight is 267 g/mol. The summed E-state index contributed by atoms with van der Waals surface area (Å²) in [4.78, 5) is 0. The van der Waals surface area contributed by atoms with Crippen LogP contribution in [0.2, 0.25) is 0 Å². The van der Waals surface area contributed by atoms with Crippen molar-refractivity contribution >= 4 is 9.90 Å². The molecule has 0 bridgehead atoms. The Hall–Kier alpha value is -1.33. The van der Waals surface area contributed by atoms with Crippen LogP contribution < -0.4 is 4.74 Å². The summed E-state index contributed by atoms with van der Waals surface area (Å²) in [6.45, 7) is 0.839. The molecular formula is C17H16OP. The number of hydrogen-bond donors (Lipinski definition) is 0. The van der Waals surface area contributed by atoms with Crippen molar-refractivity contribution in [1.82, 2.24) is 0 Å². The van der Waals surface area contributed by atoms with E-state index in [1.165, 1.54) is 29.5 Å². The largest absolute Gasteiger partial charge is 0.493 e. The monoisotopic (exact) mass is 267 g/mol. The molecule has 1 atom stereocenters. The third-order valence-electron chi connectivity index (χ3n) is 4.54. The molecule has 2 heteroatoms. The Labute approximate surface area is 117 Å². The summed E-state index contributed by atoms with van der Waals surface area (Å²) in [5.41, 5.74) is 4.65. The molecule has 2 aromatic rings. The van der Waals surface area contributed by atoms with Crippen LogP contribution in [0.4, 0.5) is 0 Å². The summed E-state index contributed by atoms with van der Waals surface area (Å²) in [5, 5.41) is 0. The van der Waals surface area contributed by atoms with E-state index in [2.05, 4.69) is 48.5 Å². The lowest BCUT2D eigenvalue weighted by Gasteiger charge is -2.36. The van der Waals surface area contributed by atoms with Crippen LogP contribution in [0.25, 0.3) is 0 Å². The number of benzene rings is 2. The summed E-state index contributed by atoms with van der Waals surface area (Å²) in [6.07, 6.45) is 3.54. The molecule has 0 amide bonds. The average Bonchev–Trinajstić information content (AvgIpc) is 2.80. The predicted octanol–water partition coefficient (Wildman–Crippen LogP) is 4.56. The van der Waals surface area contributed by atoms with Gasteiger partial charge in [0.2, 0.25) is 0 Å². The minimum Gasteiger partial charge on any atom is -0.493 e. The summed E-state index contributed by atoms with van der Waals surface area (Å²) < 4.78 is 5.83. The summed E-state index contributed by atoms with van der Waals surface area (Å²) in [5.74, 6) is 1.08.